The molecular formula is C7H7Cl2F2N3. The fourth-order valence-electron chi connectivity index (χ4n) is 0.899. The molecule has 0 N–H and O–H groups in total. The molecule has 0 saturated carbocycles. The van der Waals surface area contributed by atoms with Crippen LogP contribution in [0.1, 0.15) is 0 Å². The molecule has 0 aliphatic carbocycles. The van der Waals surface area contributed by atoms with Crippen LogP contribution < -0.4 is 4.90 Å². The van der Waals surface area contributed by atoms with E-state index in [1.807, 2.05) is 0 Å². The summed E-state index contributed by atoms with van der Waals surface area (Å²) in [6, 6.07) is 0. The monoisotopic (exact) mass is 241 g/mol. The topological polar surface area (TPSA) is 29.0 Å². The molecule has 0 aliphatic heterocycles. The van der Waals surface area contributed by atoms with E-state index in [0.29, 0.717) is 0 Å². The van der Waals surface area contributed by atoms with Crippen molar-refractivity contribution < 1.29 is 8.78 Å². The minimum atomic E-state index is -2.45. The summed E-state index contributed by atoms with van der Waals surface area (Å²) in [5.41, 5.74) is 0. The van der Waals surface area contributed by atoms with E-state index in [9.17, 15) is 8.78 Å². The Hall–Kier alpha value is -0.680. The van der Waals surface area contributed by atoms with Crippen molar-refractivity contribution in [2.75, 3.05) is 18.5 Å². The second kappa shape index (κ2) is 4.70. The van der Waals surface area contributed by atoms with Gasteiger partial charge < -0.3 is 4.90 Å². The highest BCUT2D eigenvalue weighted by Crippen LogP contribution is 2.22. The summed E-state index contributed by atoms with van der Waals surface area (Å²) in [7, 11) is 1.46. The highest BCUT2D eigenvalue weighted by Gasteiger charge is 2.13. The van der Waals surface area contributed by atoms with Crippen molar-refractivity contribution in [2.24, 2.45) is 0 Å². The minimum Gasteiger partial charge on any atom is -0.353 e. The largest absolute Gasteiger partial charge is 0.353 e. The van der Waals surface area contributed by atoms with Gasteiger partial charge in [0.2, 0.25) is 5.28 Å². The van der Waals surface area contributed by atoms with Gasteiger partial charge in [0.15, 0.2) is 5.82 Å². The van der Waals surface area contributed by atoms with Crippen LogP contribution in [0.4, 0.5) is 14.6 Å². The van der Waals surface area contributed by atoms with Crippen LogP contribution in [-0.4, -0.2) is 30.0 Å². The Kier molecular flexibility index (Phi) is 3.83. The molecule has 0 fully saturated rings. The van der Waals surface area contributed by atoms with E-state index in [2.05, 4.69) is 9.97 Å². The summed E-state index contributed by atoms with van der Waals surface area (Å²) in [5.74, 6) is 0.201. The lowest BCUT2D eigenvalue weighted by Crippen LogP contribution is -2.25. The van der Waals surface area contributed by atoms with Gasteiger partial charge in [0.1, 0.15) is 5.02 Å². The Morgan fingerprint density at radius 2 is 2.14 bits per heavy atom. The lowest BCUT2D eigenvalue weighted by atomic mass is 10.5. The smallest absolute Gasteiger partial charge is 0.255 e. The van der Waals surface area contributed by atoms with Gasteiger partial charge in [-0.05, 0) is 11.6 Å². The molecule has 0 spiro atoms. The average molecular weight is 242 g/mol. The number of nitrogens with zero attached hydrogens (tertiary/aromatic N) is 3. The molecule has 1 aromatic rings. The molecule has 1 heterocycles. The Morgan fingerprint density at radius 1 is 1.50 bits per heavy atom. The summed E-state index contributed by atoms with van der Waals surface area (Å²) in [6.45, 7) is -0.451. The van der Waals surface area contributed by atoms with Crippen LogP contribution in [0.25, 0.3) is 0 Å². The third-order valence-electron chi connectivity index (χ3n) is 1.47. The number of aromatic nitrogens is 2. The van der Waals surface area contributed by atoms with Gasteiger partial charge >= 0.3 is 0 Å². The molecule has 0 aliphatic rings. The van der Waals surface area contributed by atoms with Gasteiger partial charge in [-0.15, -0.1) is 0 Å². The van der Waals surface area contributed by atoms with Crippen LogP contribution in [-0.2, 0) is 0 Å². The first-order chi connectivity index (χ1) is 6.50. The van der Waals surface area contributed by atoms with Gasteiger partial charge in [-0.3, -0.25) is 0 Å². The normalized spacial score (nSPS) is 10.7. The van der Waals surface area contributed by atoms with E-state index >= 15 is 0 Å². The molecule has 0 saturated heterocycles. The summed E-state index contributed by atoms with van der Waals surface area (Å²) in [6.07, 6.45) is -1.18. The molecule has 1 aromatic heterocycles. The average Bonchev–Trinajstić information content (AvgIpc) is 2.08. The highest BCUT2D eigenvalue weighted by molar-refractivity contribution is 6.33. The summed E-state index contributed by atoms with van der Waals surface area (Å²) in [5, 5.41) is 0.170. The second-order valence-corrected chi connectivity index (χ2v) is 3.33. The summed E-state index contributed by atoms with van der Waals surface area (Å²) < 4.78 is 24.1. The molecule has 0 radical (unpaired) electrons. The van der Waals surface area contributed by atoms with Crippen molar-refractivity contribution >= 4 is 29.0 Å². The predicted octanol–water partition coefficient (Wildman–Crippen LogP) is 2.48. The maximum atomic E-state index is 12.0. The van der Waals surface area contributed by atoms with Crippen LogP contribution in [0.2, 0.25) is 10.3 Å². The zero-order valence-electron chi connectivity index (χ0n) is 7.22. The molecule has 0 bridgehead atoms. The lowest BCUT2D eigenvalue weighted by Gasteiger charge is -2.18. The van der Waals surface area contributed by atoms with Crippen molar-refractivity contribution in [1.82, 2.24) is 9.97 Å². The van der Waals surface area contributed by atoms with Gasteiger partial charge in [-0.25, -0.2) is 13.8 Å². The fourth-order valence-corrected chi connectivity index (χ4v) is 1.26. The molecular weight excluding hydrogens is 235 g/mol. The SMILES string of the molecule is CN(CC(F)F)c1nc(Cl)ncc1Cl. The Bertz CT molecular complexity index is 322. The van der Waals surface area contributed by atoms with Gasteiger partial charge in [0, 0.05) is 7.05 Å². The van der Waals surface area contributed by atoms with Gasteiger partial charge in [-0.1, -0.05) is 11.6 Å². The number of alkyl halides is 2. The van der Waals surface area contributed by atoms with Crippen molar-refractivity contribution in [2.45, 2.75) is 6.43 Å². The molecule has 78 valence electrons. The van der Waals surface area contributed by atoms with Gasteiger partial charge in [0.25, 0.3) is 6.43 Å². The lowest BCUT2D eigenvalue weighted by molar-refractivity contribution is 0.156. The van der Waals surface area contributed by atoms with E-state index in [1.165, 1.54) is 18.1 Å². The number of hydrogen-bond acceptors (Lipinski definition) is 3. The van der Waals surface area contributed by atoms with E-state index in [0.717, 1.165) is 0 Å². The third-order valence-corrected chi connectivity index (χ3v) is 1.92. The summed E-state index contributed by atoms with van der Waals surface area (Å²) >= 11 is 11.2. The zero-order chi connectivity index (χ0) is 10.7. The van der Waals surface area contributed by atoms with Gasteiger partial charge in [-0.2, -0.15) is 4.98 Å². The number of hydrogen-bond donors (Lipinski definition) is 0. The first-order valence-electron chi connectivity index (χ1n) is 3.68. The van der Waals surface area contributed by atoms with Gasteiger partial charge in [0.05, 0.1) is 12.7 Å². The Balaban J connectivity index is 2.88. The van der Waals surface area contributed by atoms with E-state index in [-0.39, 0.29) is 16.1 Å². The van der Waals surface area contributed by atoms with Crippen molar-refractivity contribution in [3.8, 4) is 0 Å². The quantitative estimate of drug-likeness (QED) is 0.762. The minimum absolute atomic E-state index is 0.0227. The molecule has 3 nitrogen and oxygen atoms in total. The van der Waals surface area contributed by atoms with Crippen molar-refractivity contribution in [3.05, 3.63) is 16.5 Å². The fraction of sp³-hybridized carbons (Fsp3) is 0.429. The molecule has 0 amide bonds. The van der Waals surface area contributed by atoms with Crippen LogP contribution in [0.15, 0.2) is 6.20 Å². The molecule has 0 unspecified atom stereocenters. The molecule has 0 aromatic carbocycles. The maximum absolute atomic E-state index is 12.0. The zero-order valence-corrected chi connectivity index (χ0v) is 8.73. The second-order valence-electron chi connectivity index (χ2n) is 2.58. The third kappa shape index (κ3) is 2.92. The maximum Gasteiger partial charge on any atom is 0.255 e. The van der Waals surface area contributed by atoms with Crippen molar-refractivity contribution in [3.63, 3.8) is 0 Å². The van der Waals surface area contributed by atoms with Crippen LogP contribution in [0.5, 0.6) is 0 Å². The Labute approximate surface area is 89.7 Å². The Morgan fingerprint density at radius 3 is 2.71 bits per heavy atom. The van der Waals surface area contributed by atoms with Crippen molar-refractivity contribution in [1.29, 1.82) is 0 Å². The first kappa shape index (κ1) is 11.4. The number of halogens is 4. The van der Waals surface area contributed by atoms with Crippen LogP contribution in [0, 0.1) is 0 Å². The summed E-state index contributed by atoms with van der Waals surface area (Å²) in [4.78, 5) is 8.57. The molecule has 14 heavy (non-hydrogen) atoms. The van der Waals surface area contributed by atoms with E-state index < -0.39 is 13.0 Å². The van der Waals surface area contributed by atoms with Crippen LogP contribution >= 0.6 is 23.2 Å². The molecule has 1 rings (SSSR count). The molecule has 7 heteroatoms. The number of rotatable bonds is 3. The highest BCUT2D eigenvalue weighted by atomic mass is 35.5. The van der Waals surface area contributed by atoms with E-state index in [4.69, 9.17) is 23.2 Å². The molecule has 0 atom stereocenters. The van der Waals surface area contributed by atoms with E-state index in [1.54, 1.807) is 0 Å². The standard InChI is InChI=1S/C7H7Cl2F2N3/c1-14(3-5(10)11)6-4(8)2-12-7(9)13-6/h2,5H,3H2,1H3. The number of anilines is 1. The predicted molar refractivity (Wildman–Crippen MR) is 51.3 cm³/mol. The van der Waals surface area contributed by atoms with Crippen LogP contribution in [0.3, 0.4) is 0 Å². The first-order valence-corrected chi connectivity index (χ1v) is 4.43.